The highest BCUT2D eigenvalue weighted by atomic mass is 32.2. The van der Waals surface area contributed by atoms with Gasteiger partial charge in [0.05, 0.1) is 19.6 Å². The molecular formula is C14H17N7O6S. The molecule has 0 bridgehead atoms. The quantitative estimate of drug-likeness (QED) is 0.610. The highest BCUT2D eigenvalue weighted by Crippen LogP contribution is 2.30. The monoisotopic (exact) mass is 411 g/mol. The van der Waals surface area contributed by atoms with Gasteiger partial charge in [-0.3, -0.25) is 14.8 Å². The normalized spacial score (nSPS) is 16.5. The first-order valence-corrected chi connectivity index (χ1v) is 9.48. The van der Waals surface area contributed by atoms with Crippen LogP contribution >= 0.6 is 0 Å². The SMILES string of the molecule is COc1nc(C)nc(NC(=O)NS(=O)(=O)c2nn(C)cc2C2CCOC2=O)n1. The maximum Gasteiger partial charge on any atom is 0.335 e. The molecule has 1 unspecified atom stereocenters. The van der Waals surface area contributed by atoms with Crippen LogP contribution in [0.2, 0.25) is 0 Å². The number of aromatic nitrogens is 5. The maximum atomic E-state index is 12.6. The molecule has 1 aliphatic heterocycles. The number of urea groups is 1. The number of amides is 2. The molecule has 3 rings (SSSR count). The zero-order chi connectivity index (χ0) is 20.5. The Bertz CT molecular complexity index is 1030. The molecule has 1 fully saturated rings. The molecule has 13 nitrogen and oxygen atoms in total. The number of nitrogens with zero attached hydrogens (tertiary/aromatic N) is 5. The number of carbonyl (C=O) groups excluding carboxylic acids is 2. The molecule has 0 saturated carbocycles. The Morgan fingerprint density at radius 2 is 2.11 bits per heavy atom. The van der Waals surface area contributed by atoms with Gasteiger partial charge in [0.2, 0.25) is 11.0 Å². The van der Waals surface area contributed by atoms with Gasteiger partial charge in [-0.05, 0) is 13.3 Å². The molecule has 0 aliphatic carbocycles. The van der Waals surface area contributed by atoms with Crippen molar-refractivity contribution < 1.29 is 27.5 Å². The third-order valence-electron chi connectivity index (χ3n) is 3.75. The zero-order valence-electron chi connectivity index (χ0n) is 15.2. The van der Waals surface area contributed by atoms with E-state index in [9.17, 15) is 18.0 Å². The minimum absolute atomic E-state index is 0.0441. The van der Waals surface area contributed by atoms with E-state index in [0.717, 1.165) is 0 Å². The number of hydrogen-bond acceptors (Lipinski definition) is 10. The third-order valence-corrected chi connectivity index (χ3v) is 5.03. The summed E-state index contributed by atoms with van der Waals surface area (Å²) in [6, 6.07) is -1.16. The molecule has 2 aromatic heterocycles. The highest BCUT2D eigenvalue weighted by molar-refractivity contribution is 7.90. The Labute approximate surface area is 159 Å². The van der Waals surface area contributed by atoms with Crippen LogP contribution in [-0.2, 0) is 26.6 Å². The average molecular weight is 411 g/mol. The van der Waals surface area contributed by atoms with Crippen molar-refractivity contribution in [3.05, 3.63) is 17.6 Å². The Morgan fingerprint density at radius 1 is 1.36 bits per heavy atom. The summed E-state index contributed by atoms with van der Waals surface area (Å²) in [4.78, 5) is 35.5. The van der Waals surface area contributed by atoms with Crippen LogP contribution in [0.25, 0.3) is 0 Å². The van der Waals surface area contributed by atoms with Crippen molar-refractivity contribution in [3.8, 4) is 6.01 Å². The Morgan fingerprint density at radius 3 is 2.75 bits per heavy atom. The standard InChI is InChI=1S/C14H17N7O6S/c1-7-15-12(18-14(16-7)26-3)17-13(23)20-28(24,25)10-9(6-21(2)19-10)8-4-5-27-11(8)22/h6,8H,4-5H2,1-3H3,(H2,15,16,17,18,20,23). The van der Waals surface area contributed by atoms with Crippen LogP contribution in [-0.4, -0.2) is 58.9 Å². The van der Waals surface area contributed by atoms with Crippen molar-refractivity contribution in [3.63, 3.8) is 0 Å². The number of esters is 1. The second-order valence-electron chi connectivity index (χ2n) is 5.82. The number of carbonyl (C=O) groups is 2. The van der Waals surface area contributed by atoms with Crippen LogP contribution in [0, 0.1) is 6.92 Å². The van der Waals surface area contributed by atoms with Gasteiger partial charge in [0.25, 0.3) is 10.0 Å². The van der Waals surface area contributed by atoms with Crippen molar-refractivity contribution in [2.24, 2.45) is 7.05 Å². The first-order chi connectivity index (χ1) is 13.2. The first-order valence-electron chi connectivity index (χ1n) is 8.00. The summed E-state index contributed by atoms with van der Waals surface area (Å²) in [6.45, 7) is 1.73. The lowest BCUT2D eigenvalue weighted by Gasteiger charge is -2.09. The second-order valence-corrected chi connectivity index (χ2v) is 7.42. The number of aryl methyl sites for hydroxylation is 2. The van der Waals surface area contributed by atoms with Crippen molar-refractivity contribution in [1.29, 1.82) is 0 Å². The van der Waals surface area contributed by atoms with E-state index in [-0.39, 0.29) is 30.0 Å². The van der Waals surface area contributed by atoms with Crippen LogP contribution in [0.4, 0.5) is 10.7 Å². The molecule has 1 aliphatic rings. The Hall–Kier alpha value is -3.29. The molecule has 1 atom stereocenters. The molecule has 2 aromatic rings. The van der Waals surface area contributed by atoms with E-state index in [1.807, 2.05) is 4.72 Å². The summed E-state index contributed by atoms with van der Waals surface area (Å²) in [5.41, 5.74) is 0.156. The number of anilines is 1. The summed E-state index contributed by atoms with van der Waals surface area (Å²) in [6.07, 6.45) is 1.73. The van der Waals surface area contributed by atoms with E-state index in [4.69, 9.17) is 9.47 Å². The Kier molecular flexibility index (Phi) is 5.13. The predicted molar refractivity (Wildman–Crippen MR) is 92.0 cm³/mol. The van der Waals surface area contributed by atoms with Gasteiger partial charge in [-0.1, -0.05) is 0 Å². The number of nitrogens with one attached hydrogen (secondary N) is 2. The van der Waals surface area contributed by atoms with Gasteiger partial charge in [0, 0.05) is 18.8 Å². The number of sulfonamides is 1. The number of hydrogen-bond donors (Lipinski definition) is 2. The van der Waals surface area contributed by atoms with E-state index in [0.29, 0.717) is 6.42 Å². The molecular weight excluding hydrogens is 394 g/mol. The molecule has 14 heteroatoms. The smallest absolute Gasteiger partial charge is 0.335 e. The maximum absolute atomic E-state index is 12.6. The molecule has 2 amide bonds. The summed E-state index contributed by atoms with van der Waals surface area (Å²) in [5, 5.41) is 5.64. The zero-order valence-corrected chi connectivity index (χ0v) is 16.0. The molecule has 0 spiro atoms. The molecule has 0 radical (unpaired) electrons. The van der Waals surface area contributed by atoms with Gasteiger partial charge in [0.15, 0.2) is 0 Å². The summed E-state index contributed by atoms with van der Waals surface area (Å²) < 4.78 is 38.1. The lowest BCUT2D eigenvalue weighted by atomic mass is 10.0. The number of methoxy groups -OCH3 is 1. The highest BCUT2D eigenvalue weighted by Gasteiger charge is 2.36. The van der Waals surface area contributed by atoms with Crippen molar-refractivity contribution in [2.75, 3.05) is 19.0 Å². The Balaban J connectivity index is 1.82. The van der Waals surface area contributed by atoms with Crippen molar-refractivity contribution in [2.45, 2.75) is 24.3 Å². The minimum atomic E-state index is -4.38. The van der Waals surface area contributed by atoms with Gasteiger partial charge in [-0.25, -0.2) is 9.52 Å². The van der Waals surface area contributed by atoms with Crippen molar-refractivity contribution in [1.82, 2.24) is 29.5 Å². The largest absolute Gasteiger partial charge is 0.467 e. The van der Waals surface area contributed by atoms with Gasteiger partial charge < -0.3 is 9.47 Å². The van der Waals surface area contributed by atoms with E-state index in [2.05, 4.69) is 25.4 Å². The summed E-state index contributed by atoms with van der Waals surface area (Å²) in [5.74, 6) is -1.24. The molecule has 150 valence electrons. The van der Waals surface area contributed by atoms with Gasteiger partial charge >= 0.3 is 18.0 Å². The van der Waals surface area contributed by atoms with Crippen LogP contribution in [0.1, 0.15) is 23.7 Å². The fourth-order valence-corrected chi connectivity index (χ4v) is 3.75. The topological polar surface area (TPSA) is 167 Å². The van der Waals surface area contributed by atoms with E-state index in [1.165, 1.54) is 25.0 Å². The van der Waals surface area contributed by atoms with E-state index >= 15 is 0 Å². The lowest BCUT2D eigenvalue weighted by molar-refractivity contribution is -0.139. The number of ether oxygens (including phenoxy) is 2. The van der Waals surface area contributed by atoms with E-state index < -0.39 is 33.0 Å². The van der Waals surface area contributed by atoms with Gasteiger partial charge in [0.1, 0.15) is 5.82 Å². The van der Waals surface area contributed by atoms with Crippen LogP contribution in [0.15, 0.2) is 11.2 Å². The third kappa shape index (κ3) is 4.00. The van der Waals surface area contributed by atoms with Gasteiger partial charge in [-0.2, -0.15) is 28.5 Å². The number of rotatable bonds is 5. The number of cyclic esters (lactones) is 1. The van der Waals surface area contributed by atoms with E-state index in [1.54, 1.807) is 6.92 Å². The summed E-state index contributed by atoms with van der Waals surface area (Å²) >= 11 is 0. The van der Waals surface area contributed by atoms with Crippen LogP contribution in [0.3, 0.4) is 0 Å². The fourth-order valence-electron chi connectivity index (χ4n) is 2.61. The molecule has 0 aromatic carbocycles. The minimum Gasteiger partial charge on any atom is -0.467 e. The molecule has 28 heavy (non-hydrogen) atoms. The summed E-state index contributed by atoms with van der Waals surface area (Å²) in [7, 11) is -1.54. The average Bonchev–Trinajstić information content (AvgIpc) is 3.19. The van der Waals surface area contributed by atoms with Gasteiger partial charge in [-0.15, -0.1) is 0 Å². The second kappa shape index (κ2) is 7.38. The van der Waals surface area contributed by atoms with Crippen LogP contribution < -0.4 is 14.8 Å². The van der Waals surface area contributed by atoms with Crippen LogP contribution in [0.5, 0.6) is 6.01 Å². The predicted octanol–water partition coefficient (Wildman–Crippen LogP) is -0.537. The van der Waals surface area contributed by atoms with Crippen molar-refractivity contribution >= 4 is 28.0 Å². The lowest BCUT2D eigenvalue weighted by Crippen LogP contribution is -2.36. The molecule has 3 heterocycles. The fraction of sp³-hybridized carbons (Fsp3) is 0.429. The molecule has 2 N–H and O–H groups in total. The first kappa shape index (κ1) is 19.5. The molecule has 1 saturated heterocycles.